The Morgan fingerprint density at radius 2 is 1.71 bits per heavy atom. The minimum Gasteiger partial charge on any atom is -0.489 e. The molecule has 0 spiro atoms. The van der Waals surface area contributed by atoms with Crippen molar-refractivity contribution in [1.82, 2.24) is 9.88 Å². The molecule has 220 valence electrons. The number of ether oxygens (including phenoxy) is 2. The van der Waals surface area contributed by atoms with Crippen molar-refractivity contribution in [2.75, 3.05) is 36.4 Å². The number of nitrogens with one attached hydrogen (secondary N) is 1. The highest BCUT2D eigenvalue weighted by atomic mass is 19.4. The molecule has 0 bridgehead atoms. The van der Waals surface area contributed by atoms with Gasteiger partial charge in [0, 0.05) is 50.6 Å². The number of alkyl halides is 3. The number of anilines is 2. The smallest absolute Gasteiger partial charge is 0.417 e. The zero-order valence-corrected chi connectivity index (χ0v) is 23.3. The van der Waals surface area contributed by atoms with Gasteiger partial charge in [-0.15, -0.1) is 0 Å². The van der Waals surface area contributed by atoms with Crippen molar-refractivity contribution in [2.45, 2.75) is 64.3 Å². The number of piperidine rings is 2. The molecule has 3 heterocycles. The van der Waals surface area contributed by atoms with Gasteiger partial charge in [-0.2, -0.15) is 18.4 Å². The van der Waals surface area contributed by atoms with E-state index in [1.165, 1.54) is 12.1 Å². The van der Waals surface area contributed by atoms with E-state index in [1.54, 1.807) is 34.2 Å². The van der Waals surface area contributed by atoms with E-state index in [0.29, 0.717) is 69.1 Å². The highest BCUT2D eigenvalue weighted by molar-refractivity contribution is 5.91. The van der Waals surface area contributed by atoms with Crippen LogP contribution in [0.2, 0.25) is 0 Å². The lowest BCUT2D eigenvalue weighted by Gasteiger charge is -2.33. The van der Waals surface area contributed by atoms with Crippen molar-refractivity contribution >= 4 is 23.5 Å². The molecule has 41 heavy (non-hydrogen) atoms. The van der Waals surface area contributed by atoms with E-state index in [1.807, 2.05) is 20.8 Å². The van der Waals surface area contributed by atoms with Crippen LogP contribution in [0.25, 0.3) is 0 Å². The highest BCUT2D eigenvalue weighted by Gasteiger charge is 2.35. The summed E-state index contributed by atoms with van der Waals surface area (Å²) < 4.78 is 51.4. The molecule has 9 nitrogen and oxygen atoms in total. The van der Waals surface area contributed by atoms with Gasteiger partial charge in [-0.05, 0) is 63.9 Å². The van der Waals surface area contributed by atoms with Crippen LogP contribution in [-0.4, -0.2) is 59.8 Å². The molecule has 0 atom stereocenters. The lowest BCUT2D eigenvalue weighted by atomic mass is 9.95. The van der Waals surface area contributed by atoms with Crippen LogP contribution in [0.3, 0.4) is 0 Å². The summed E-state index contributed by atoms with van der Waals surface area (Å²) in [6.45, 7) is 7.40. The van der Waals surface area contributed by atoms with Gasteiger partial charge in [-0.3, -0.25) is 4.79 Å². The molecule has 2 amide bonds. The zero-order chi connectivity index (χ0) is 29.8. The topological polar surface area (TPSA) is 108 Å². The number of benzene rings is 1. The van der Waals surface area contributed by atoms with E-state index in [0.717, 1.165) is 6.07 Å². The van der Waals surface area contributed by atoms with E-state index >= 15 is 0 Å². The van der Waals surface area contributed by atoms with Crippen LogP contribution < -0.4 is 15.0 Å². The van der Waals surface area contributed by atoms with Gasteiger partial charge < -0.3 is 24.6 Å². The largest absolute Gasteiger partial charge is 0.489 e. The standard InChI is InChI=1S/C29H34F3N5O4/c1-28(2,3)41-27(39)37-14-10-22(11-15-37)40-23-6-7-25(34-18-23)35-26(38)19-8-12-36(13-9-19)21-5-4-20(17-33)24(16-21)29(30,31)32/h4-7,16,18-19,22H,8-15H2,1-3H3,(H,34,35,38). The third-order valence-corrected chi connectivity index (χ3v) is 7.04. The van der Waals surface area contributed by atoms with E-state index < -0.39 is 22.9 Å². The number of halogens is 3. The Kier molecular flexibility index (Phi) is 8.95. The number of pyridine rings is 1. The fraction of sp³-hybridized carbons (Fsp3) is 0.517. The quantitative estimate of drug-likeness (QED) is 0.496. The van der Waals surface area contributed by atoms with Gasteiger partial charge in [-0.1, -0.05) is 0 Å². The molecule has 0 unspecified atom stereocenters. The number of amides is 2. The van der Waals surface area contributed by atoms with Crippen LogP contribution >= 0.6 is 0 Å². The van der Waals surface area contributed by atoms with Gasteiger partial charge >= 0.3 is 12.3 Å². The van der Waals surface area contributed by atoms with E-state index in [4.69, 9.17) is 14.7 Å². The average Bonchev–Trinajstić information content (AvgIpc) is 2.93. The molecule has 2 saturated heterocycles. The lowest BCUT2D eigenvalue weighted by molar-refractivity contribution is -0.137. The zero-order valence-electron chi connectivity index (χ0n) is 23.3. The molecule has 0 aliphatic carbocycles. The number of hydrogen-bond acceptors (Lipinski definition) is 7. The Morgan fingerprint density at radius 3 is 2.27 bits per heavy atom. The molecule has 1 aromatic heterocycles. The summed E-state index contributed by atoms with van der Waals surface area (Å²) in [7, 11) is 0. The summed E-state index contributed by atoms with van der Waals surface area (Å²) in [4.78, 5) is 32.8. The van der Waals surface area contributed by atoms with Crippen LogP contribution in [0.4, 0.5) is 29.5 Å². The van der Waals surface area contributed by atoms with Crippen LogP contribution in [0, 0.1) is 17.2 Å². The van der Waals surface area contributed by atoms with Gasteiger partial charge in [0.15, 0.2) is 0 Å². The van der Waals surface area contributed by atoms with Crippen molar-refractivity contribution in [3.05, 3.63) is 47.7 Å². The number of hydrogen-bond donors (Lipinski definition) is 1. The third kappa shape index (κ3) is 8.02. The monoisotopic (exact) mass is 573 g/mol. The van der Waals surface area contributed by atoms with E-state index in [-0.39, 0.29) is 24.0 Å². The predicted molar refractivity (Wildman–Crippen MR) is 145 cm³/mol. The second-order valence-electron chi connectivity index (χ2n) is 11.3. The van der Waals surface area contributed by atoms with Crippen molar-refractivity contribution in [1.29, 1.82) is 5.26 Å². The summed E-state index contributed by atoms with van der Waals surface area (Å²) in [6.07, 6.45) is -1.20. The summed E-state index contributed by atoms with van der Waals surface area (Å²) >= 11 is 0. The van der Waals surface area contributed by atoms with E-state index in [9.17, 15) is 22.8 Å². The predicted octanol–water partition coefficient (Wildman–Crippen LogP) is 5.61. The molecule has 1 N–H and O–H groups in total. The molecular weight excluding hydrogens is 539 g/mol. The average molecular weight is 574 g/mol. The summed E-state index contributed by atoms with van der Waals surface area (Å²) in [5, 5.41) is 11.8. The number of nitrogens with zero attached hydrogens (tertiary/aromatic N) is 4. The first-order chi connectivity index (χ1) is 19.3. The Hall–Kier alpha value is -4.01. The maximum absolute atomic E-state index is 13.3. The number of rotatable bonds is 5. The first-order valence-corrected chi connectivity index (χ1v) is 13.6. The Bertz CT molecular complexity index is 1270. The van der Waals surface area contributed by atoms with Gasteiger partial charge in [0.05, 0.1) is 23.4 Å². The highest BCUT2D eigenvalue weighted by Crippen LogP contribution is 2.35. The van der Waals surface area contributed by atoms with Crippen molar-refractivity contribution in [3.63, 3.8) is 0 Å². The molecule has 0 saturated carbocycles. The molecule has 2 aromatic rings. The maximum Gasteiger partial charge on any atom is 0.417 e. The minimum absolute atomic E-state index is 0.0653. The number of likely N-dealkylation sites (tertiary alicyclic amines) is 1. The molecule has 2 aliphatic rings. The van der Waals surface area contributed by atoms with Crippen LogP contribution in [0.15, 0.2) is 36.5 Å². The second-order valence-corrected chi connectivity index (χ2v) is 11.3. The molecule has 4 rings (SSSR count). The Balaban J connectivity index is 1.23. The van der Waals surface area contributed by atoms with E-state index in [2.05, 4.69) is 10.3 Å². The SMILES string of the molecule is CC(C)(C)OC(=O)N1CCC(Oc2ccc(NC(=O)C3CCN(c4ccc(C#N)c(C(F)(F)F)c4)CC3)nc2)CC1. The molecule has 12 heteroatoms. The maximum atomic E-state index is 13.3. The third-order valence-electron chi connectivity index (χ3n) is 7.04. The molecule has 0 radical (unpaired) electrons. The van der Waals surface area contributed by atoms with Crippen LogP contribution in [0.5, 0.6) is 5.75 Å². The number of carbonyl (C=O) groups is 2. The fourth-order valence-corrected chi connectivity index (χ4v) is 4.89. The van der Waals surface area contributed by atoms with Crippen molar-refractivity contribution in [3.8, 4) is 11.8 Å². The minimum atomic E-state index is -4.62. The molecule has 2 fully saturated rings. The van der Waals surface area contributed by atoms with Crippen molar-refractivity contribution in [2.24, 2.45) is 5.92 Å². The first-order valence-electron chi connectivity index (χ1n) is 13.6. The fourth-order valence-electron chi connectivity index (χ4n) is 4.89. The molecule has 2 aliphatic heterocycles. The second kappa shape index (κ2) is 12.2. The number of aromatic nitrogens is 1. The van der Waals surface area contributed by atoms with Gasteiger partial charge in [0.2, 0.25) is 5.91 Å². The van der Waals surface area contributed by atoms with Gasteiger partial charge in [0.25, 0.3) is 0 Å². The number of nitriles is 1. The molecular formula is C29H34F3N5O4. The number of carbonyl (C=O) groups excluding carboxylic acids is 2. The van der Waals surface area contributed by atoms with Crippen molar-refractivity contribution < 1.29 is 32.2 Å². The summed E-state index contributed by atoms with van der Waals surface area (Å²) in [6, 6.07) is 8.67. The Morgan fingerprint density at radius 1 is 1.02 bits per heavy atom. The first kappa shape index (κ1) is 30.0. The summed E-state index contributed by atoms with van der Waals surface area (Å²) in [5.74, 6) is 0.440. The molecule has 1 aromatic carbocycles. The van der Waals surface area contributed by atoms with Gasteiger partial charge in [0.1, 0.15) is 23.3 Å². The van der Waals surface area contributed by atoms with Crippen LogP contribution in [-0.2, 0) is 15.7 Å². The normalized spacial score (nSPS) is 17.1. The summed E-state index contributed by atoms with van der Waals surface area (Å²) in [5.41, 5.74) is -1.53. The lowest BCUT2D eigenvalue weighted by Crippen LogP contribution is -2.44. The Labute approximate surface area is 237 Å². The van der Waals surface area contributed by atoms with Gasteiger partial charge in [-0.25, -0.2) is 9.78 Å². The van der Waals surface area contributed by atoms with Crippen LogP contribution in [0.1, 0.15) is 57.6 Å².